The number of nitrogens with zero attached hydrogens (tertiary/aromatic N) is 3. The largest absolute Gasteiger partial charge is 0.416 e. The van der Waals surface area contributed by atoms with Crippen molar-refractivity contribution in [2.24, 2.45) is 5.73 Å². The molecule has 1 aromatic heterocycles. The average Bonchev–Trinajstić information content (AvgIpc) is 3.43. The van der Waals surface area contributed by atoms with Gasteiger partial charge in [-0.25, -0.2) is 9.37 Å². The molecule has 6 nitrogen and oxygen atoms in total. The molecule has 2 aliphatic rings. The van der Waals surface area contributed by atoms with E-state index in [1.807, 2.05) is 0 Å². The third-order valence-corrected chi connectivity index (χ3v) is 5.47. The smallest absolute Gasteiger partial charge is 0.364 e. The number of rotatable bonds is 5. The summed E-state index contributed by atoms with van der Waals surface area (Å²) in [6, 6.07) is 4.49. The quantitative estimate of drug-likeness (QED) is 0.749. The Hall–Kier alpha value is -2.91. The van der Waals surface area contributed by atoms with Crippen molar-refractivity contribution in [3.8, 4) is 0 Å². The number of anilines is 1. The van der Waals surface area contributed by atoms with E-state index in [0.717, 1.165) is 31.0 Å². The molecule has 1 atom stereocenters. The zero-order valence-electron chi connectivity index (χ0n) is 16.0. The number of alkyl halides is 4. The van der Waals surface area contributed by atoms with Gasteiger partial charge in [-0.15, -0.1) is 0 Å². The first-order valence-electron chi connectivity index (χ1n) is 9.64. The Labute approximate surface area is 169 Å². The maximum absolute atomic E-state index is 13.8. The first-order chi connectivity index (χ1) is 14.1. The molecular formula is C20H20F4N4O2. The van der Waals surface area contributed by atoms with Crippen LogP contribution in [-0.4, -0.2) is 34.7 Å². The van der Waals surface area contributed by atoms with E-state index < -0.39 is 29.4 Å². The van der Waals surface area contributed by atoms with E-state index in [0.29, 0.717) is 17.7 Å². The van der Waals surface area contributed by atoms with E-state index in [1.165, 1.54) is 10.6 Å². The number of carbonyl (C=O) groups excluding carboxylic acids is 1. The standard InChI is InChI=1S/C20H20F4N4O2/c21-14-5-6-27(10-14)19-26-16(18(25)30)8-17(29)28(19)9-12-3-4-13(20(22,23)24)7-15(12)11-1-2-11/h3-4,7-8,11,14H,1-2,5-6,9-10H2,(H2,25,30)/t14-/m0/s1. The predicted molar refractivity (Wildman–Crippen MR) is 101 cm³/mol. The number of nitrogens with two attached hydrogens (primary N) is 1. The van der Waals surface area contributed by atoms with Crippen molar-refractivity contribution in [1.29, 1.82) is 0 Å². The lowest BCUT2D eigenvalue weighted by atomic mass is 9.99. The molecule has 0 radical (unpaired) electrons. The van der Waals surface area contributed by atoms with Crippen LogP contribution in [0.1, 0.15) is 52.4 Å². The molecule has 4 rings (SSSR count). The van der Waals surface area contributed by atoms with Gasteiger partial charge in [-0.3, -0.25) is 14.2 Å². The Bertz CT molecular complexity index is 1050. The zero-order chi connectivity index (χ0) is 21.6. The number of aromatic nitrogens is 2. The average molecular weight is 424 g/mol. The Balaban J connectivity index is 1.78. The number of halogens is 4. The van der Waals surface area contributed by atoms with Crippen LogP contribution in [0.2, 0.25) is 0 Å². The number of benzene rings is 1. The maximum atomic E-state index is 13.8. The summed E-state index contributed by atoms with van der Waals surface area (Å²) >= 11 is 0. The molecule has 30 heavy (non-hydrogen) atoms. The fourth-order valence-electron chi connectivity index (χ4n) is 3.77. The lowest BCUT2D eigenvalue weighted by molar-refractivity contribution is -0.137. The number of carbonyl (C=O) groups is 1. The summed E-state index contributed by atoms with van der Waals surface area (Å²) in [7, 11) is 0. The van der Waals surface area contributed by atoms with Crippen molar-refractivity contribution in [3.05, 3.63) is 57.0 Å². The van der Waals surface area contributed by atoms with Crippen LogP contribution >= 0.6 is 0 Å². The lowest BCUT2D eigenvalue weighted by Gasteiger charge is -2.22. The number of amides is 1. The number of primary amides is 1. The molecule has 2 aromatic rings. The summed E-state index contributed by atoms with van der Waals surface area (Å²) in [6.07, 6.45) is -3.74. The molecule has 2 N–H and O–H groups in total. The molecule has 1 aliphatic heterocycles. The molecule has 2 heterocycles. The van der Waals surface area contributed by atoms with Gasteiger partial charge >= 0.3 is 6.18 Å². The summed E-state index contributed by atoms with van der Waals surface area (Å²) in [5.41, 5.74) is 4.84. The third-order valence-electron chi connectivity index (χ3n) is 5.47. The second-order valence-corrected chi connectivity index (χ2v) is 7.75. The molecule has 1 aromatic carbocycles. The molecule has 10 heteroatoms. The van der Waals surface area contributed by atoms with E-state index in [1.54, 1.807) is 4.90 Å². The van der Waals surface area contributed by atoms with Crippen LogP contribution in [0.5, 0.6) is 0 Å². The molecule has 160 valence electrons. The zero-order valence-corrected chi connectivity index (χ0v) is 16.0. The van der Waals surface area contributed by atoms with Gasteiger partial charge in [-0.1, -0.05) is 6.07 Å². The fourth-order valence-corrected chi connectivity index (χ4v) is 3.77. The Morgan fingerprint density at radius 1 is 1.20 bits per heavy atom. The minimum atomic E-state index is -4.46. The monoisotopic (exact) mass is 424 g/mol. The van der Waals surface area contributed by atoms with Gasteiger partial charge in [0.05, 0.1) is 18.7 Å². The number of hydrogen-bond acceptors (Lipinski definition) is 4. The van der Waals surface area contributed by atoms with E-state index >= 15 is 0 Å². The van der Waals surface area contributed by atoms with Crippen LogP contribution in [0.25, 0.3) is 0 Å². The van der Waals surface area contributed by atoms with E-state index in [2.05, 4.69) is 4.98 Å². The SMILES string of the molecule is NC(=O)c1cc(=O)n(Cc2ccc(C(F)(F)F)cc2C2CC2)c(N2CC[C@H](F)C2)n1. The van der Waals surface area contributed by atoms with Crippen molar-refractivity contribution >= 4 is 11.9 Å². The highest BCUT2D eigenvalue weighted by Crippen LogP contribution is 2.44. The van der Waals surface area contributed by atoms with E-state index in [-0.39, 0.29) is 37.1 Å². The summed E-state index contributed by atoms with van der Waals surface area (Å²) in [5.74, 6) is -0.774. The summed E-state index contributed by atoms with van der Waals surface area (Å²) in [4.78, 5) is 30.0. The minimum absolute atomic E-state index is 0.0111. The van der Waals surface area contributed by atoms with Crippen LogP contribution in [0.4, 0.5) is 23.5 Å². The van der Waals surface area contributed by atoms with Gasteiger partial charge in [0.1, 0.15) is 11.9 Å². The molecule has 1 saturated carbocycles. The Morgan fingerprint density at radius 2 is 1.93 bits per heavy atom. The van der Waals surface area contributed by atoms with Crippen molar-refractivity contribution in [3.63, 3.8) is 0 Å². The lowest BCUT2D eigenvalue weighted by Crippen LogP contribution is -2.34. The molecule has 0 unspecified atom stereocenters. The fraction of sp³-hybridized carbons (Fsp3) is 0.450. The van der Waals surface area contributed by atoms with Crippen LogP contribution in [0.15, 0.2) is 29.1 Å². The van der Waals surface area contributed by atoms with Crippen LogP contribution < -0.4 is 16.2 Å². The van der Waals surface area contributed by atoms with Gasteiger partial charge in [0.2, 0.25) is 5.95 Å². The second-order valence-electron chi connectivity index (χ2n) is 7.75. The first kappa shape index (κ1) is 20.4. The van der Waals surface area contributed by atoms with Gasteiger partial charge < -0.3 is 10.6 Å². The highest BCUT2D eigenvalue weighted by Gasteiger charge is 2.34. The van der Waals surface area contributed by atoms with Crippen molar-refractivity contribution in [1.82, 2.24) is 9.55 Å². The van der Waals surface area contributed by atoms with Crippen molar-refractivity contribution < 1.29 is 22.4 Å². The molecule has 2 fully saturated rings. The van der Waals surface area contributed by atoms with Gasteiger partial charge in [0, 0.05) is 12.6 Å². The number of hydrogen-bond donors (Lipinski definition) is 1. The summed E-state index contributed by atoms with van der Waals surface area (Å²) < 4.78 is 54.5. The van der Waals surface area contributed by atoms with Crippen molar-refractivity contribution in [2.75, 3.05) is 18.0 Å². The van der Waals surface area contributed by atoms with Crippen LogP contribution in [-0.2, 0) is 12.7 Å². The Morgan fingerprint density at radius 3 is 2.50 bits per heavy atom. The highest BCUT2D eigenvalue weighted by molar-refractivity contribution is 5.90. The van der Waals surface area contributed by atoms with Gasteiger partial charge in [0.25, 0.3) is 11.5 Å². The minimum Gasteiger partial charge on any atom is -0.364 e. The summed E-state index contributed by atoms with van der Waals surface area (Å²) in [5, 5.41) is 0. The molecule has 0 bridgehead atoms. The molecule has 1 aliphatic carbocycles. The molecule has 1 saturated heterocycles. The van der Waals surface area contributed by atoms with Crippen LogP contribution in [0.3, 0.4) is 0 Å². The Kier molecular flexibility index (Phi) is 5.03. The topological polar surface area (TPSA) is 81.2 Å². The van der Waals surface area contributed by atoms with E-state index in [4.69, 9.17) is 5.73 Å². The molecular weight excluding hydrogens is 404 g/mol. The van der Waals surface area contributed by atoms with E-state index in [9.17, 15) is 27.2 Å². The first-order valence-corrected chi connectivity index (χ1v) is 9.64. The van der Waals surface area contributed by atoms with Crippen molar-refractivity contribution in [2.45, 2.75) is 44.1 Å². The third kappa shape index (κ3) is 4.03. The van der Waals surface area contributed by atoms with Gasteiger partial charge in [-0.2, -0.15) is 13.2 Å². The highest BCUT2D eigenvalue weighted by atomic mass is 19.4. The predicted octanol–water partition coefficient (Wildman–Crippen LogP) is 2.83. The summed E-state index contributed by atoms with van der Waals surface area (Å²) in [6.45, 7) is 0.285. The maximum Gasteiger partial charge on any atom is 0.416 e. The molecule has 1 amide bonds. The van der Waals surface area contributed by atoms with Gasteiger partial charge in [0.15, 0.2) is 0 Å². The van der Waals surface area contributed by atoms with Crippen LogP contribution in [0, 0.1) is 0 Å². The molecule has 0 spiro atoms. The van der Waals surface area contributed by atoms with Gasteiger partial charge in [-0.05, 0) is 48.4 Å². The normalized spacial score (nSPS) is 19.3. The second kappa shape index (κ2) is 7.41.